The number of rotatable bonds is 17. The van der Waals surface area contributed by atoms with E-state index < -0.39 is 6.04 Å². The van der Waals surface area contributed by atoms with Crippen molar-refractivity contribution in [3.05, 3.63) is 96.3 Å². The zero-order valence-electron chi connectivity index (χ0n) is 26.4. The fraction of sp³-hybridized carbons (Fsp3) is 0.500. The molecule has 226 valence electrons. The SMILES string of the molecule is C=CN/C(=C\C(C)CC)CCCNC(=O)[C@H](CCCC)C(C)C.CC(=O)[C@H](N)C(c1ccccc1)c1ccccc1. The fourth-order valence-corrected chi connectivity index (χ4v) is 4.77. The van der Waals surface area contributed by atoms with Gasteiger partial charge in [-0.1, -0.05) is 127 Å². The van der Waals surface area contributed by atoms with Crippen molar-refractivity contribution in [3.8, 4) is 0 Å². The highest BCUT2D eigenvalue weighted by atomic mass is 16.2. The normalized spacial score (nSPS) is 13.5. The Morgan fingerprint density at radius 1 is 0.927 bits per heavy atom. The van der Waals surface area contributed by atoms with E-state index in [2.05, 4.69) is 57.9 Å². The van der Waals surface area contributed by atoms with E-state index in [-0.39, 0.29) is 23.5 Å². The molecule has 0 aliphatic rings. The summed E-state index contributed by atoms with van der Waals surface area (Å²) in [6, 6.07) is 19.4. The van der Waals surface area contributed by atoms with Crippen LogP contribution < -0.4 is 16.4 Å². The summed E-state index contributed by atoms with van der Waals surface area (Å²) in [5, 5.41) is 6.34. The van der Waals surface area contributed by atoms with Crippen molar-refractivity contribution in [1.29, 1.82) is 0 Å². The minimum absolute atomic E-state index is 0.00714. The summed E-state index contributed by atoms with van der Waals surface area (Å²) in [5.41, 5.74) is 9.43. The zero-order chi connectivity index (χ0) is 30.6. The molecule has 0 spiro atoms. The molecule has 2 aromatic rings. The van der Waals surface area contributed by atoms with Crippen molar-refractivity contribution < 1.29 is 9.59 Å². The average molecular weight is 562 g/mol. The van der Waals surface area contributed by atoms with Gasteiger partial charge >= 0.3 is 0 Å². The van der Waals surface area contributed by atoms with E-state index >= 15 is 0 Å². The number of nitrogens with one attached hydrogen (secondary N) is 2. The lowest BCUT2D eigenvalue weighted by molar-refractivity contribution is -0.126. The maximum atomic E-state index is 12.3. The summed E-state index contributed by atoms with van der Waals surface area (Å²) in [4.78, 5) is 23.9. The molecule has 4 N–H and O–H groups in total. The Bertz CT molecular complexity index is 994. The van der Waals surface area contributed by atoms with E-state index in [0.29, 0.717) is 11.8 Å². The summed E-state index contributed by atoms with van der Waals surface area (Å²) in [6.45, 7) is 16.9. The third-order valence-electron chi connectivity index (χ3n) is 7.50. The van der Waals surface area contributed by atoms with Crippen molar-refractivity contribution in [2.24, 2.45) is 23.5 Å². The quantitative estimate of drug-likeness (QED) is 0.172. The molecule has 2 rings (SSSR count). The molecule has 0 bridgehead atoms. The highest BCUT2D eigenvalue weighted by molar-refractivity contribution is 5.83. The fourth-order valence-electron chi connectivity index (χ4n) is 4.77. The molecule has 1 amide bonds. The number of unbranched alkanes of at least 4 members (excludes halogenated alkanes) is 1. The van der Waals surface area contributed by atoms with Crippen LogP contribution in [0.1, 0.15) is 97.1 Å². The Labute approximate surface area is 250 Å². The van der Waals surface area contributed by atoms with Crippen molar-refractivity contribution in [2.75, 3.05) is 6.54 Å². The molecule has 2 aromatic carbocycles. The first-order valence-electron chi connectivity index (χ1n) is 15.4. The second-order valence-corrected chi connectivity index (χ2v) is 11.2. The van der Waals surface area contributed by atoms with E-state index in [4.69, 9.17) is 5.73 Å². The molecule has 0 heterocycles. The molecular formula is C36H55N3O2. The van der Waals surface area contributed by atoms with E-state index in [1.54, 1.807) is 13.1 Å². The number of Topliss-reactive ketones (excluding diaryl/α,β-unsaturated/α-hetero) is 1. The molecule has 0 aliphatic heterocycles. The average Bonchev–Trinajstić information content (AvgIpc) is 2.96. The molecule has 0 saturated carbocycles. The summed E-state index contributed by atoms with van der Waals surface area (Å²) >= 11 is 0. The van der Waals surface area contributed by atoms with Crippen LogP contribution in [0, 0.1) is 17.8 Å². The third kappa shape index (κ3) is 13.8. The van der Waals surface area contributed by atoms with Crippen molar-refractivity contribution in [1.82, 2.24) is 10.6 Å². The predicted molar refractivity (Wildman–Crippen MR) is 174 cm³/mol. The number of ketones is 1. The molecule has 1 unspecified atom stereocenters. The molecule has 0 saturated heterocycles. The number of amides is 1. The number of hydrogen-bond acceptors (Lipinski definition) is 4. The van der Waals surface area contributed by atoms with E-state index in [1.165, 1.54) is 5.70 Å². The van der Waals surface area contributed by atoms with Gasteiger partial charge in [0, 0.05) is 24.1 Å². The molecule has 0 aliphatic carbocycles. The van der Waals surface area contributed by atoms with Gasteiger partial charge < -0.3 is 16.4 Å². The summed E-state index contributed by atoms with van der Waals surface area (Å²) in [5.74, 6) is 1.27. The Balaban J connectivity index is 0.000000420. The molecule has 0 aromatic heterocycles. The summed E-state index contributed by atoms with van der Waals surface area (Å²) in [6.07, 6.45) is 10.3. The first kappa shape index (κ1) is 35.8. The van der Waals surface area contributed by atoms with Crippen LogP contribution in [0.5, 0.6) is 0 Å². The van der Waals surface area contributed by atoms with Crippen LogP contribution in [0.2, 0.25) is 0 Å². The van der Waals surface area contributed by atoms with Crippen LogP contribution in [0.15, 0.2) is 85.2 Å². The lowest BCUT2D eigenvalue weighted by atomic mass is 9.84. The van der Waals surface area contributed by atoms with E-state index in [0.717, 1.165) is 56.2 Å². The number of hydrogen-bond donors (Lipinski definition) is 3. The van der Waals surface area contributed by atoms with Crippen LogP contribution in [0.25, 0.3) is 0 Å². The second-order valence-electron chi connectivity index (χ2n) is 11.2. The predicted octanol–water partition coefficient (Wildman–Crippen LogP) is 7.74. The number of nitrogens with two attached hydrogens (primary N) is 1. The number of allylic oxidation sites excluding steroid dienone is 2. The maximum absolute atomic E-state index is 12.3. The van der Waals surface area contributed by atoms with Gasteiger partial charge in [-0.25, -0.2) is 0 Å². The second kappa shape index (κ2) is 20.7. The number of carbonyl (C=O) groups is 2. The summed E-state index contributed by atoms with van der Waals surface area (Å²) < 4.78 is 0. The van der Waals surface area contributed by atoms with Crippen molar-refractivity contribution >= 4 is 11.7 Å². The smallest absolute Gasteiger partial charge is 0.223 e. The third-order valence-corrected chi connectivity index (χ3v) is 7.50. The number of benzene rings is 2. The Morgan fingerprint density at radius 2 is 1.49 bits per heavy atom. The summed E-state index contributed by atoms with van der Waals surface area (Å²) in [7, 11) is 0. The highest BCUT2D eigenvalue weighted by Gasteiger charge is 2.25. The highest BCUT2D eigenvalue weighted by Crippen LogP contribution is 2.27. The molecule has 41 heavy (non-hydrogen) atoms. The van der Waals surface area contributed by atoms with Gasteiger partial charge in [-0.15, -0.1) is 0 Å². The van der Waals surface area contributed by atoms with Crippen LogP contribution in [-0.2, 0) is 9.59 Å². The van der Waals surface area contributed by atoms with E-state index in [9.17, 15) is 9.59 Å². The molecular weight excluding hydrogens is 506 g/mol. The Kier molecular flexibility index (Phi) is 18.1. The van der Waals surface area contributed by atoms with Gasteiger partial charge in [0.1, 0.15) is 5.78 Å². The monoisotopic (exact) mass is 561 g/mol. The molecule has 0 fully saturated rings. The Hall–Kier alpha value is -3.18. The van der Waals surface area contributed by atoms with Crippen molar-refractivity contribution in [3.63, 3.8) is 0 Å². The van der Waals surface area contributed by atoms with Gasteiger partial charge in [-0.3, -0.25) is 9.59 Å². The topological polar surface area (TPSA) is 84.2 Å². The molecule has 5 nitrogen and oxygen atoms in total. The van der Waals surface area contributed by atoms with Gasteiger partial charge in [-0.2, -0.15) is 0 Å². The van der Waals surface area contributed by atoms with Gasteiger partial charge in [0.05, 0.1) is 6.04 Å². The maximum Gasteiger partial charge on any atom is 0.223 e. The standard InChI is InChI=1S/C20H38N2O.C16H17NO/c1-7-10-13-19(16(4)5)20(23)22-14-11-12-18(21-9-3)15-17(6)8-2;1-12(18)16(17)15(13-8-4-2-5-9-13)14-10-6-3-7-11-14/h9,15-17,19,21H,3,7-8,10-14H2,1-2,4-6H3,(H,22,23);2-11,15-16H,17H2,1H3/b18-15-;/t17?,19-;16-/m10/s1. The van der Waals surface area contributed by atoms with Crippen LogP contribution >= 0.6 is 0 Å². The van der Waals surface area contributed by atoms with E-state index in [1.807, 2.05) is 60.7 Å². The first-order valence-corrected chi connectivity index (χ1v) is 15.4. The van der Waals surface area contributed by atoms with Gasteiger partial charge in [0.25, 0.3) is 0 Å². The lowest BCUT2D eigenvalue weighted by Gasteiger charge is -2.23. The molecule has 0 radical (unpaired) electrons. The van der Waals surface area contributed by atoms with Crippen LogP contribution in [0.4, 0.5) is 0 Å². The first-order chi connectivity index (χ1) is 19.7. The van der Waals surface area contributed by atoms with Crippen LogP contribution in [0.3, 0.4) is 0 Å². The van der Waals surface area contributed by atoms with Gasteiger partial charge in [-0.05, 0) is 55.3 Å². The minimum atomic E-state index is -0.505. The Morgan fingerprint density at radius 3 is 1.93 bits per heavy atom. The molecule has 5 heteroatoms. The van der Waals surface area contributed by atoms with Crippen molar-refractivity contribution in [2.45, 2.75) is 92.0 Å². The zero-order valence-corrected chi connectivity index (χ0v) is 26.4. The minimum Gasteiger partial charge on any atom is -0.366 e. The largest absolute Gasteiger partial charge is 0.366 e. The number of carbonyl (C=O) groups excluding carboxylic acids is 2. The van der Waals surface area contributed by atoms with Gasteiger partial charge in [0.15, 0.2) is 0 Å². The van der Waals surface area contributed by atoms with Crippen LogP contribution in [-0.4, -0.2) is 24.3 Å². The van der Waals surface area contributed by atoms with Gasteiger partial charge in [0.2, 0.25) is 5.91 Å². The lowest BCUT2D eigenvalue weighted by Crippen LogP contribution is -2.35. The molecule has 3 atom stereocenters.